The number of hydrogen-bond acceptors (Lipinski definition) is 2. The van der Waals surface area contributed by atoms with Crippen LogP contribution in [0.4, 0.5) is 0 Å². The molecule has 0 spiro atoms. The largest absolute Gasteiger partial charge is 0.336 e. The molecule has 4 heteroatoms. The molecule has 2 heterocycles. The lowest BCUT2D eigenvalue weighted by atomic mass is 9.85. The van der Waals surface area contributed by atoms with E-state index >= 15 is 0 Å². The third kappa shape index (κ3) is 4.52. The standard InChI is InChI=1S/C20H30N2O.ClH/c1-15-6-3-7-17(12-15)19-9-5-11-22(19)20(23)13-16(2)18-8-4-10-21-14-18;/h3,6-7,12,16,18-19,21H,4-5,8-11,13-14H2,1-2H3;1H. The topological polar surface area (TPSA) is 32.3 Å². The van der Waals surface area contributed by atoms with E-state index in [1.165, 1.54) is 24.0 Å². The first-order chi connectivity index (χ1) is 11.1. The number of carbonyl (C=O) groups excluding carboxylic acids is 1. The van der Waals surface area contributed by atoms with Crippen LogP contribution in [0.1, 0.15) is 56.2 Å². The van der Waals surface area contributed by atoms with E-state index in [0.717, 1.165) is 32.5 Å². The quantitative estimate of drug-likeness (QED) is 0.886. The highest BCUT2D eigenvalue weighted by Crippen LogP contribution is 2.34. The summed E-state index contributed by atoms with van der Waals surface area (Å²) in [6.45, 7) is 7.53. The molecule has 134 valence electrons. The smallest absolute Gasteiger partial charge is 0.223 e. The molecule has 0 bridgehead atoms. The molecule has 1 amide bonds. The summed E-state index contributed by atoms with van der Waals surface area (Å²) >= 11 is 0. The van der Waals surface area contributed by atoms with Crippen molar-refractivity contribution in [3.63, 3.8) is 0 Å². The number of aryl methyl sites for hydroxylation is 1. The summed E-state index contributed by atoms with van der Waals surface area (Å²) < 4.78 is 0. The number of amides is 1. The third-order valence-electron chi connectivity index (χ3n) is 5.64. The van der Waals surface area contributed by atoms with Crippen LogP contribution >= 0.6 is 12.4 Å². The van der Waals surface area contributed by atoms with Crippen LogP contribution in [0.3, 0.4) is 0 Å². The number of nitrogens with one attached hydrogen (secondary N) is 1. The second-order valence-corrected chi connectivity index (χ2v) is 7.45. The molecule has 3 rings (SSSR count). The predicted molar refractivity (Wildman–Crippen MR) is 101 cm³/mol. The van der Waals surface area contributed by atoms with Gasteiger partial charge in [-0.2, -0.15) is 0 Å². The van der Waals surface area contributed by atoms with Crippen molar-refractivity contribution in [2.24, 2.45) is 11.8 Å². The van der Waals surface area contributed by atoms with Gasteiger partial charge in [0.15, 0.2) is 0 Å². The molecule has 0 aliphatic carbocycles. The van der Waals surface area contributed by atoms with E-state index in [1.807, 2.05) is 0 Å². The van der Waals surface area contributed by atoms with E-state index < -0.39 is 0 Å². The van der Waals surface area contributed by atoms with Crippen LogP contribution in [0.5, 0.6) is 0 Å². The molecule has 0 aromatic heterocycles. The minimum Gasteiger partial charge on any atom is -0.336 e. The summed E-state index contributed by atoms with van der Waals surface area (Å²) in [4.78, 5) is 15.0. The van der Waals surface area contributed by atoms with E-state index in [0.29, 0.717) is 30.2 Å². The van der Waals surface area contributed by atoms with E-state index in [1.54, 1.807) is 0 Å². The summed E-state index contributed by atoms with van der Waals surface area (Å²) in [6.07, 6.45) is 5.45. The van der Waals surface area contributed by atoms with Gasteiger partial charge in [0.2, 0.25) is 5.91 Å². The van der Waals surface area contributed by atoms with Gasteiger partial charge in [0.1, 0.15) is 0 Å². The van der Waals surface area contributed by atoms with E-state index in [2.05, 4.69) is 48.3 Å². The number of nitrogens with zero attached hydrogens (tertiary/aromatic N) is 1. The molecule has 1 N–H and O–H groups in total. The number of carbonyl (C=O) groups is 1. The first kappa shape index (κ1) is 19.3. The van der Waals surface area contributed by atoms with Gasteiger partial charge in [-0.15, -0.1) is 12.4 Å². The van der Waals surface area contributed by atoms with Crippen LogP contribution in [0, 0.1) is 18.8 Å². The van der Waals surface area contributed by atoms with E-state index in [9.17, 15) is 4.79 Å². The number of rotatable bonds is 4. The minimum atomic E-state index is 0. The number of hydrogen-bond donors (Lipinski definition) is 1. The van der Waals surface area contributed by atoms with Gasteiger partial charge in [-0.05, 0) is 63.1 Å². The lowest BCUT2D eigenvalue weighted by molar-refractivity contribution is -0.133. The lowest BCUT2D eigenvalue weighted by Gasteiger charge is -2.31. The number of halogens is 1. The fraction of sp³-hybridized carbons (Fsp3) is 0.650. The number of likely N-dealkylation sites (tertiary alicyclic amines) is 1. The van der Waals surface area contributed by atoms with Gasteiger partial charge in [0.25, 0.3) is 0 Å². The number of benzene rings is 1. The van der Waals surface area contributed by atoms with Crippen LogP contribution < -0.4 is 5.32 Å². The molecule has 2 aliphatic rings. The van der Waals surface area contributed by atoms with Crippen molar-refractivity contribution in [2.45, 2.75) is 52.0 Å². The molecule has 0 radical (unpaired) electrons. The highest BCUT2D eigenvalue weighted by atomic mass is 35.5. The molecule has 2 aliphatic heterocycles. The third-order valence-corrected chi connectivity index (χ3v) is 5.64. The molecule has 24 heavy (non-hydrogen) atoms. The Morgan fingerprint density at radius 1 is 1.33 bits per heavy atom. The van der Waals surface area contributed by atoms with Crippen molar-refractivity contribution in [3.05, 3.63) is 35.4 Å². The van der Waals surface area contributed by atoms with Crippen LogP contribution in [-0.2, 0) is 4.79 Å². The Balaban J connectivity index is 0.00000208. The predicted octanol–water partition coefficient (Wildman–Crippen LogP) is 4.11. The van der Waals surface area contributed by atoms with Gasteiger partial charge in [-0.1, -0.05) is 36.8 Å². The van der Waals surface area contributed by atoms with Crippen molar-refractivity contribution in [3.8, 4) is 0 Å². The molecular weight excluding hydrogens is 320 g/mol. The Hall–Kier alpha value is -1.06. The fourth-order valence-corrected chi connectivity index (χ4v) is 4.21. The Kier molecular flexibility index (Phi) is 7.12. The van der Waals surface area contributed by atoms with E-state index in [-0.39, 0.29) is 12.4 Å². The zero-order chi connectivity index (χ0) is 16.2. The Morgan fingerprint density at radius 2 is 2.17 bits per heavy atom. The second-order valence-electron chi connectivity index (χ2n) is 7.45. The first-order valence-corrected chi connectivity index (χ1v) is 9.22. The van der Waals surface area contributed by atoms with Gasteiger partial charge < -0.3 is 10.2 Å². The molecule has 0 saturated carbocycles. The van der Waals surface area contributed by atoms with E-state index in [4.69, 9.17) is 0 Å². The summed E-state index contributed by atoms with van der Waals surface area (Å²) in [7, 11) is 0. The van der Waals surface area contributed by atoms with Crippen LogP contribution in [-0.4, -0.2) is 30.4 Å². The van der Waals surface area contributed by atoms with Crippen LogP contribution in [0.15, 0.2) is 24.3 Å². The zero-order valence-electron chi connectivity index (χ0n) is 15.0. The monoisotopic (exact) mass is 350 g/mol. The average Bonchev–Trinajstić information content (AvgIpc) is 3.05. The lowest BCUT2D eigenvalue weighted by Crippen LogP contribution is -2.37. The highest BCUT2D eigenvalue weighted by Gasteiger charge is 2.32. The average molecular weight is 351 g/mol. The maximum absolute atomic E-state index is 12.9. The zero-order valence-corrected chi connectivity index (χ0v) is 15.8. The molecule has 2 saturated heterocycles. The van der Waals surface area contributed by atoms with Crippen molar-refractivity contribution < 1.29 is 4.79 Å². The minimum absolute atomic E-state index is 0. The van der Waals surface area contributed by atoms with Gasteiger partial charge >= 0.3 is 0 Å². The number of piperidine rings is 1. The molecule has 3 unspecified atom stereocenters. The van der Waals surface area contributed by atoms with Crippen molar-refractivity contribution >= 4 is 18.3 Å². The summed E-state index contributed by atoms with van der Waals surface area (Å²) in [5.74, 6) is 1.49. The maximum Gasteiger partial charge on any atom is 0.223 e. The summed E-state index contributed by atoms with van der Waals surface area (Å²) in [5, 5.41) is 3.47. The SMILES string of the molecule is Cc1cccc(C2CCCN2C(=O)CC(C)C2CCCNC2)c1.Cl. The Labute approximate surface area is 152 Å². The maximum atomic E-state index is 12.9. The van der Waals surface area contributed by atoms with Gasteiger partial charge in [-0.3, -0.25) is 4.79 Å². The van der Waals surface area contributed by atoms with Crippen molar-refractivity contribution in [1.29, 1.82) is 0 Å². The second kappa shape index (κ2) is 8.87. The molecule has 3 nitrogen and oxygen atoms in total. The molecule has 1 aromatic carbocycles. The van der Waals surface area contributed by atoms with Gasteiger partial charge in [0, 0.05) is 13.0 Å². The van der Waals surface area contributed by atoms with Crippen molar-refractivity contribution in [2.75, 3.05) is 19.6 Å². The summed E-state index contributed by atoms with van der Waals surface area (Å²) in [5.41, 5.74) is 2.59. The Bertz CT molecular complexity index is 542. The molecule has 1 aromatic rings. The molecule has 3 atom stereocenters. The normalized spacial score (nSPS) is 25.2. The van der Waals surface area contributed by atoms with Crippen LogP contribution in [0.2, 0.25) is 0 Å². The van der Waals surface area contributed by atoms with Gasteiger partial charge in [-0.25, -0.2) is 0 Å². The van der Waals surface area contributed by atoms with Crippen molar-refractivity contribution in [1.82, 2.24) is 10.2 Å². The highest BCUT2D eigenvalue weighted by molar-refractivity contribution is 5.85. The fourth-order valence-electron chi connectivity index (χ4n) is 4.21. The Morgan fingerprint density at radius 3 is 2.88 bits per heavy atom. The van der Waals surface area contributed by atoms with Crippen LogP contribution in [0.25, 0.3) is 0 Å². The molecule has 2 fully saturated rings. The first-order valence-electron chi connectivity index (χ1n) is 9.22. The van der Waals surface area contributed by atoms with Gasteiger partial charge in [0.05, 0.1) is 6.04 Å². The summed E-state index contributed by atoms with van der Waals surface area (Å²) in [6, 6.07) is 8.95. The molecular formula is C20H31ClN2O.